The Hall–Kier alpha value is -2.70. The second kappa shape index (κ2) is 8.41. The molecule has 0 aromatic heterocycles. The summed E-state index contributed by atoms with van der Waals surface area (Å²) in [5.74, 6) is -2.41. The molecule has 0 saturated carbocycles. The fraction of sp³-hybridized carbons (Fsp3) is 0.444. The number of carbonyl (C=O) groups excluding carboxylic acids is 4. The Labute approximate surface area is 146 Å². The maximum Gasteiger partial charge on any atom is 0.328 e. The molecule has 1 aromatic rings. The van der Waals surface area contributed by atoms with E-state index >= 15 is 0 Å². The van der Waals surface area contributed by atoms with Gasteiger partial charge in [0.1, 0.15) is 12.1 Å². The number of hydrogen-bond donors (Lipinski definition) is 1. The minimum absolute atomic E-state index is 0.210. The van der Waals surface area contributed by atoms with E-state index < -0.39 is 35.7 Å². The molecule has 1 N–H and O–H groups in total. The first-order valence-corrected chi connectivity index (χ1v) is 8.17. The highest BCUT2D eigenvalue weighted by Gasteiger charge is 2.39. The molecule has 134 valence electrons. The number of methoxy groups -OCH3 is 1. The van der Waals surface area contributed by atoms with Crippen molar-refractivity contribution < 1.29 is 23.9 Å². The lowest BCUT2D eigenvalue weighted by Gasteiger charge is -2.24. The van der Waals surface area contributed by atoms with E-state index in [4.69, 9.17) is 4.74 Å². The van der Waals surface area contributed by atoms with Gasteiger partial charge >= 0.3 is 5.97 Å². The van der Waals surface area contributed by atoms with Crippen LogP contribution in [0.5, 0.6) is 0 Å². The quantitative estimate of drug-likeness (QED) is 0.597. The van der Waals surface area contributed by atoms with Crippen molar-refractivity contribution in [3.8, 4) is 0 Å². The Bertz CT molecular complexity index is 659. The van der Waals surface area contributed by atoms with Gasteiger partial charge in [0, 0.05) is 19.9 Å². The largest absolute Gasteiger partial charge is 0.467 e. The third-order valence-corrected chi connectivity index (χ3v) is 4.17. The summed E-state index contributed by atoms with van der Waals surface area (Å²) in [6, 6.07) is 7.41. The Kier molecular flexibility index (Phi) is 6.27. The van der Waals surface area contributed by atoms with Gasteiger partial charge in [0.2, 0.25) is 11.7 Å². The van der Waals surface area contributed by atoms with Crippen LogP contribution >= 0.6 is 0 Å². The number of nitrogens with zero attached hydrogens (tertiary/aromatic N) is 1. The maximum absolute atomic E-state index is 12.7. The molecule has 25 heavy (non-hydrogen) atoms. The number of esters is 1. The molecule has 2 rings (SSSR count). The van der Waals surface area contributed by atoms with Crippen LogP contribution in [-0.4, -0.2) is 54.2 Å². The number of Topliss-reactive ketones (excluding diaryl/α,β-unsaturated/α-hetero) is 1. The first-order chi connectivity index (χ1) is 11.9. The molecule has 1 aromatic carbocycles. The number of carbonyl (C=O) groups is 4. The number of nitrogens with one attached hydrogen (secondary N) is 1. The molecule has 2 atom stereocenters. The predicted molar refractivity (Wildman–Crippen MR) is 89.5 cm³/mol. The van der Waals surface area contributed by atoms with Crippen molar-refractivity contribution in [3.63, 3.8) is 0 Å². The lowest BCUT2D eigenvalue weighted by atomic mass is 10.0. The summed E-state index contributed by atoms with van der Waals surface area (Å²) in [5.41, 5.74) is 0.827. The van der Waals surface area contributed by atoms with E-state index in [-0.39, 0.29) is 6.42 Å². The van der Waals surface area contributed by atoms with Crippen LogP contribution in [0.4, 0.5) is 0 Å². The second-order valence-corrected chi connectivity index (χ2v) is 5.99. The van der Waals surface area contributed by atoms with Crippen LogP contribution in [0.15, 0.2) is 30.3 Å². The minimum Gasteiger partial charge on any atom is -0.467 e. The molecule has 1 aliphatic heterocycles. The molecule has 0 radical (unpaired) electrons. The van der Waals surface area contributed by atoms with E-state index in [9.17, 15) is 19.2 Å². The van der Waals surface area contributed by atoms with Gasteiger partial charge in [0.05, 0.1) is 7.11 Å². The maximum atomic E-state index is 12.7. The van der Waals surface area contributed by atoms with E-state index in [2.05, 4.69) is 5.32 Å². The van der Waals surface area contributed by atoms with Gasteiger partial charge in [-0.3, -0.25) is 14.4 Å². The Morgan fingerprint density at radius 3 is 2.52 bits per heavy atom. The number of ether oxygens (including phenoxy) is 1. The third-order valence-electron chi connectivity index (χ3n) is 4.17. The van der Waals surface area contributed by atoms with Gasteiger partial charge in [-0.15, -0.1) is 0 Å². The SMILES string of the molecule is COC(=O)[C@@H]1CCCN1C(=O)C(=O)C(Cc1ccccc1)NC(C)=O. The zero-order chi connectivity index (χ0) is 18.4. The van der Waals surface area contributed by atoms with Crippen LogP contribution in [0.1, 0.15) is 25.3 Å². The van der Waals surface area contributed by atoms with Gasteiger partial charge in [-0.1, -0.05) is 30.3 Å². The normalized spacial score (nSPS) is 17.7. The Morgan fingerprint density at radius 1 is 1.24 bits per heavy atom. The molecule has 7 heteroatoms. The van der Waals surface area contributed by atoms with E-state index in [1.54, 1.807) is 0 Å². The van der Waals surface area contributed by atoms with Crippen molar-refractivity contribution in [1.29, 1.82) is 0 Å². The highest BCUT2D eigenvalue weighted by Crippen LogP contribution is 2.19. The number of likely N-dealkylation sites (tertiary alicyclic amines) is 1. The molecule has 2 amide bonds. The smallest absolute Gasteiger partial charge is 0.328 e. The monoisotopic (exact) mass is 346 g/mol. The molecule has 0 bridgehead atoms. The number of rotatable bonds is 6. The molecule has 1 heterocycles. The molecule has 0 spiro atoms. The molecular weight excluding hydrogens is 324 g/mol. The molecule has 1 saturated heterocycles. The first kappa shape index (κ1) is 18.6. The van der Waals surface area contributed by atoms with Crippen LogP contribution in [0.3, 0.4) is 0 Å². The van der Waals surface area contributed by atoms with Gasteiger partial charge in [0.25, 0.3) is 5.91 Å². The molecule has 1 aliphatic rings. The van der Waals surface area contributed by atoms with E-state index in [1.807, 2.05) is 30.3 Å². The van der Waals surface area contributed by atoms with Crippen molar-refractivity contribution in [2.24, 2.45) is 0 Å². The van der Waals surface area contributed by atoms with Crippen molar-refractivity contribution in [2.45, 2.75) is 38.3 Å². The summed E-state index contributed by atoms with van der Waals surface area (Å²) >= 11 is 0. The highest BCUT2D eigenvalue weighted by atomic mass is 16.5. The predicted octanol–water partition coefficient (Wildman–Crippen LogP) is 0.467. The lowest BCUT2D eigenvalue weighted by molar-refractivity contribution is -0.154. The molecule has 7 nitrogen and oxygen atoms in total. The molecule has 1 unspecified atom stereocenters. The Morgan fingerprint density at radius 2 is 1.92 bits per heavy atom. The van der Waals surface area contributed by atoms with Gasteiger partial charge in [0.15, 0.2) is 0 Å². The van der Waals surface area contributed by atoms with Gasteiger partial charge in [-0.2, -0.15) is 0 Å². The van der Waals surface area contributed by atoms with Crippen LogP contribution in [0, 0.1) is 0 Å². The van der Waals surface area contributed by atoms with Gasteiger partial charge in [-0.05, 0) is 18.4 Å². The standard InChI is InChI=1S/C18H22N2O5/c1-12(21)19-14(11-13-7-4-3-5-8-13)16(22)17(23)20-10-6-9-15(20)18(24)25-2/h3-5,7-8,14-15H,6,9-11H2,1-2H3,(H,19,21)/t14?,15-/m0/s1. The van der Waals surface area contributed by atoms with Crippen LogP contribution in [-0.2, 0) is 30.3 Å². The average molecular weight is 346 g/mol. The van der Waals surface area contributed by atoms with E-state index in [1.165, 1.54) is 18.9 Å². The summed E-state index contributed by atoms with van der Waals surface area (Å²) in [6.07, 6.45) is 1.30. The Balaban J connectivity index is 2.15. The van der Waals surface area contributed by atoms with Crippen molar-refractivity contribution >= 4 is 23.6 Å². The van der Waals surface area contributed by atoms with Crippen molar-refractivity contribution in [2.75, 3.05) is 13.7 Å². The lowest BCUT2D eigenvalue weighted by Crippen LogP contribution is -2.51. The van der Waals surface area contributed by atoms with Crippen LogP contribution < -0.4 is 5.32 Å². The average Bonchev–Trinajstić information content (AvgIpc) is 3.09. The minimum atomic E-state index is -0.966. The van der Waals surface area contributed by atoms with Gasteiger partial charge < -0.3 is 15.0 Å². The molecular formula is C18H22N2O5. The summed E-state index contributed by atoms with van der Waals surface area (Å²) in [5, 5.41) is 2.54. The number of benzene rings is 1. The zero-order valence-corrected chi connectivity index (χ0v) is 14.4. The summed E-state index contributed by atoms with van der Waals surface area (Å²) < 4.78 is 4.70. The fourth-order valence-corrected chi connectivity index (χ4v) is 2.99. The number of ketones is 1. The first-order valence-electron chi connectivity index (χ1n) is 8.17. The topological polar surface area (TPSA) is 92.8 Å². The fourth-order valence-electron chi connectivity index (χ4n) is 2.99. The van der Waals surface area contributed by atoms with E-state index in [0.29, 0.717) is 19.4 Å². The van der Waals surface area contributed by atoms with Crippen molar-refractivity contribution in [3.05, 3.63) is 35.9 Å². The molecule has 0 aliphatic carbocycles. The number of amides is 2. The summed E-state index contributed by atoms with van der Waals surface area (Å²) in [6.45, 7) is 1.62. The zero-order valence-electron chi connectivity index (χ0n) is 14.4. The van der Waals surface area contributed by atoms with Crippen LogP contribution in [0.2, 0.25) is 0 Å². The molecule has 1 fully saturated rings. The summed E-state index contributed by atoms with van der Waals surface area (Å²) in [7, 11) is 1.25. The summed E-state index contributed by atoms with van der Waals surface area (Å²) in [4.78, 5) is 49.8. The second-order valence-electron chi connectivity index (χ2n) is 5.99. The third kappa shape index (κ3) is 4.65. The highest BCUT2D eigenvalue weighted by molar-refractivity contribution is 6.38. The van der Waals surface area contributed by atoms with E-state index in [0.717, 1.165) is 5.56 Å². The van der Waals surface area contributed by atoms with Gasteiger partial charge in [-0.25, -0.2) is 4.79 Å². The van der Waals surface area contributed by atoms with Crippen molar-refractivity contribution in [1.82, 2.24) is 10.2 Å². The number of hydrogen-bond acceptors (Lipinski definition) is 5. The van der Waals surface area contributed by atoms with Crippen LogP contribution in [0.25, 0.3) is 0 Å².